The van der Waals surface area contributed by atoms with Crippen LogP contribution in [0.15, 0.2) is 12.4 Å². The summed E-state index contributed by atoms with van der Waals surface area (Å²) in [6.45, 7) is 1.65. The van der Waals surface area contributed by atoms with Crippen molar-refractivity contribution in [1.29, 1.82) is 5.26 Å². The van der Waals surface area contributed by atoms with Crippen molar-refractivity contribution in [3.05, 3.63) is 18.0 Å². The summed E-state index contributed by atoms with van der Waals surface area (Å²) in [5.74, 6) is 0.880. The van der Waals surface area contributed by atoms with Crippen molar-refractivity contribution >= 4 is 11.9 Å². The summed E-state index contributed by atoms with van der Waals surface area (Å²) in [4.78, 5) is 21.6. The Morgan fingerprint density at radius 1 is 1.47 bits per heavy atom. The molecule has 0 unspecified atom stereocenters. The second kappa shape index (κ2) is 6.14. The minimum absolute atomic E-state index is 0.145. The third-order valence-electron chi connectivity index (χ3n) is 3.35. The van der Waals surface area contributed by atoms with Crippen molar-refractivity contribution in [3.63, 3.8) is 0 Å². The first-order chi connectivity index (χ1) is 9.22. The first-order valence-electron chi connectivity index (χ1n) is 6.27. The van der Waals surface area contributed by atoms with Crippen LogP contribution in [0.5, 0.6) is 0 Å². The molecule has 0 radical (unpaired) electrons. The lowest BCUT2D eigenvalue weighted by molar-refractivity contribution is -0.141. The molecule has 0 N–H and O–H groups in total. The van der Waals surface area contributed by atoms with Crippen LogP contribution in [0, 0.1) is 17.2 Å². The number of nitrogens with zero attached hydrogens (tertiary/aromatic N) is 4. The molecule has 1 saturated heterocycles. The first kappa shape index (κ1) is 13.3. The monoisotopic (exact) mass is 260 g/mol. The topological polar surface area (TPSA) is 79.1 Å². The van der Waals surface area contributed by atoms with Gasteiger partial charge in [-0.2, -0.15) is 5.26 Å². The van der Waals surface area contributed by atoms with Gasteiger partial charge < -0.3 is 9.64 Å². The molecule has 0 amide bonds. The SMILES string of the molecule is COC(=O)CC1CCN(c2ncc(C#N)cn2)CC1. The van der Waals surface area contributed by atoms with Gasteiger partial charge in [0.1, 0.15) is 6.07 Å². The third-order valence-corrected chi connectivity index (χ3v) is 3.35. The van der Waals surface area contributed by atoms with Gasteiger partial charge in [-0.25, -0.2) is 9.97 Å². The van der Waals surface area contributed by atoms with E-state index in [-0.39, 0.29) is 5.97 Å². The molecular weight excluding hydrogens is 244 g/mol. The number of carbonyl (C=O) groups is 1. The lowest BCUT2D eigenvalue weighted by Crippen LogP contribution is -2.35. The largest absolute Gasteiger partial charge is 0.469 e. The van der Waals surface area contributed by atoms with Crippen LogP contribution in [-0.2, 0) is 9.53 Å². The summed E-state index contributed by atoms with van der Waals surface area (Å²) in [5, 5.41) is 8.69. The quantitative estimate of drug-likeness (QED) is 0.758. The predicted molar refractivity (Wildman–Crippen MR) is 68.3 cm³/mol. The Morgan fingerprint density at radius 3 is 2.63 bits per heavy atom. The number of nitriles is 1. The van der Waals surface area contributed by atoms with Gasteiger partial charge in [0, 0.05) is 19.5 Å². The van der Waals surface area contributed by atoms with E-state index < -0.39 is 0 Å². The number of hydrogen-bond acceptors (Lipinski definition) is 6. The number of methoxy groups -OCH3 is 1. The Hall–Kier alpha value is -2.16. The Bertz CT molecular complexity index is 472. The molecule has 100 valence electrons. The molecule has 6 heteroatoms. The van der Waals surface area contributed by atoms with Gasteiger partial charge in [-0.05, 0) is 18.8 Å². The Kier molecular flexibility index (Phi) is 4.29. The normalized spacial score (nSPS) is 15.9. The molecule has 1 aromatic rings. The van der Waals surface area contributed by atoms with Crippen molar-refractivity contribution in [2.45, 2.75) is 19.3 Å². The number of carbonyl (C=O) groups excluding carboxylic acids is 1. The Labute approximate surface area is 112 Å². The Balaban J connectivity index is 1.89. The molecule has 0 saturated carbocycles. The van der Waals surface area contributed by atoms with Gasteiger partial charge >= 0.3 is 5.97 Å². The van der Waals surface area contributed by atoms with E-state index >= 15 is 0 Å². The van der Waals surface area contributed by atoms with E-state index in [4.69, 9.17) is 5.26 Å². The van der Waals surface area contributed by atoms with Gasteiger partial charge in [-0.3, -0.25) is 4.79 Å². The third kappa shape index (κ3) is 3.41. The predicted octanol–water partition coefficient (Wildman–Crippen LogP) is 1.13. The molecule has 0 aliphatic carbocycles. The van der Waals surface area contributed by atoms with Gasteiger partial charge in [0.25, 0.3) is 0 Å². The summed E-state index contributed by atoms with van der Waals surface area (Å²) >= 11 is 0. The number of piperidine rings is 1. The average Bonchev–Trinajstić information content (AvgIpc) is 2.48. The van der Waals surface area contributed by atoms with Gasteiger partial charge in [0.05, 0.1) is 25.1 Å². The molecule has 2 rings (SSSR count). The van der Waals surface area contributed by atoms with Crippen molar-refractivity contribution in [2.24, 2.45) is 5.92 Å². The van der Waals surface area contributed by atoms with E-state index in [0.717, 1.165) is 25.9 Å². The van der Waals surface area contributed by atoms with E-state index in [1.165, 1.54) is 19.5 Å². The number of esters is 1. The molecule has 0 spiro atoms. The standard InChI is InChI=1S/C13H16N4O2/c1-19-12(18)6-10-2-4-17(5-3-10)13-15-8-11(7-14)9-16-13/h8-10H,2-6H2,1H3. The summed E-state index contributed by atoms with van der Waals surface area (Å²) in [7, 11) is 1.42. The molecule has 1 aromatic heterocycles. The molecule has 0 atom stereocenters. The zero-order chi connectivity index (χ0) is 13.7. The Morgan fingerprint density at radius 2 is 2.11 bits per heavy atom. The van der Waals surface area contributed by atoms with Crippen molar-refractivity contribution in [2.75, 3.05) is 25.1 Å². The van der Waals surface area contributed by atoms with Gasteiger partial charge in [-0.1, -0.05) is 0 Å². The smallest absolute Gasteiger partial charge is 0.305 e. The van der Waals surface area contributed by atoms with E-state index in [9.17, 15) is 4.79 Å². The molecule has 19 heavy (non-hydrogen) atoms. The number of ether oxygens (including phenoxy) is 1. The van der Waals surface area contributed by atoms with Gasteiger partial charge in [-0.15, -0.1) is 0 Å². The maximum atomic E-state index is 11.2. The van der Waals surface area contributed by atoms with Crippen molar-refractivity contribution in [1.82, 2.24) is 9.97 Å². The number of aromatic nitrogens is 2. The number of anilines is 1. The van der Waals surface area contributed by atoms with Crippen molar-refractivity contribution in [3.8, 4) is 6.07 Å². The van der Waals surface area contributed by atoms with E-state index in [1.54, 1.807) is 0 Å². The number of rotatable bonds is 3. The molecule has 2 heterocycles. The summed E-state index contributed by atoms with van der Waals surface area (Å²) in [6.07, 6.45) is 5.40. The fourth-order valence-electron chi connectivity index (χ4n) is 2.20. The van der Waals surface area contributed by atoms with Crippen LogP contribution < -0.4 is 4.90 Å². The second-order valence-corrected chi connectivity index (χ2v) is 4.59. The highest BCUT2D eigenvalue weighted by molar-refractivity contribution is 5.69. The summed E-state index contributed by atoms with van der Waals surface area (Å²) < 4.78 is 4.68. The van der Waals surface area contributed by atoms with Crippen LogP contribution in [0.2, 0.25) is 0 Å². The summed E-state index contributed by atoms with van der Waals surface area (Å²) in [5.41, 5.74) is 0.462. The lowest BCUT2D eigenvalue weighted by Gasteiger charge is -2.31. The van der Waals surface area contributed by atoms with Gasteiger partial charge in [0.2, 0.25) is 5.95 Å². The van der Waals surface area contributed by atoms with E-state index in [1.807, 2.05) is 6.07 Å². The van der Waals surface area contributed by atoms with Crippen LogP contribution in [0.4, 0.5) is 5.95 Å². The van der Waals surface area contributed by atoms with Crippen LogP contribution in [0.25, 0.3) is 0 Å². The maximum absolute atomic E-state index is 11.2. The van der Waals surface area contributed by atoms with Crippen molar-refractivity contribution < 1.29 is 9.53 Å². The highest BCUT2D eigenvalue weighted by Gasteiger charge is 2.23. The van der Waals surface area contributed by atoms with Crippen LogP contribution in [0.1, 0.15) is 24.8 Å². The lowest BCUT2D eigenvalue weighted by atomic mass is 9.94. The zero-order valence-electron chi connectivity index (χ0n) is 10.9. The highest BCUT2D eigenvalue weighted by Crippen LogP contribution is 2.23. The second-order valence-electron chi connectivity index (χ2n) is 4.59. The minimum Gasteiger partial charge on any atom is -0.469 e. The molecule has 0 bridgehead atoms. The van der Waals surface area contributed by atoms with E-state index in [0.29, 0.717) is 23.9 Å². The summed E-state index contributed by atoms with van der Waals surface area (Å²) in [6, 6.07) is 2.00. The minimum atomic E-state index is -0.145. The molecule has 0 aromatic carbocycles. The zero-order valence-corrected chi connectivity index (χ0v) is 10.9. The van der Waals surface area contributed by atoms with Crippen LogP contribution >= 0.6 is 0 Å². The maximum Gasteiger partial charge on any atom is 0.305 e. The molecule has 1 aliphatic rings. The number of hydrogen-bond donors (Lipinski definition) is 0. The highest BCUT2D eigenvalue weighted by atomic mass is 16.5. The van der Waals surface area contributed by atoms with Crippen LogP contribution in [-0.4, -0.2) is 36.1 Å². The molecule has 1 fully saturated rings. The average molecular weight is 260 g/mol. The molecular formula is C13H16N4O2. The molecule has 6 nitrogen and oxygen atoms in total. The van der Waals surface area contributed by atoms with Gasteiger partial charge in [0.15, 0.2) is 0 Å². The molecule has 1 aliphatic heterocycles. The first-order valence-corrected chi connectivity index (χ1v) is 6.27. The van der Waals surface area contributed by atoms with E-state index in [2.05, 4.69) is 19.6 Å². The fraction of sp³-hybridized carbons (Fsp3) is 0.538. The van der Waals surface area contributed by atoms with Crippen LogP contribution in [0.3, 0.4) is 0 Å². The fourth-order valence-corrected chi connectivity index (χ4v) is 2.20.